The lowest BCUT2D eigenvalue weighted by Gasteiger charge is -2.31. The van der Waals surface area contributed by atoms with Crippen molar-refractivity contribution in [3.8, 4) is 0 Å². The van der Waals surface area contributed by atoms with Crippen molar-refractivity contribution < 1.29 is 4.79 Å². The summed E-state index contributed by atoms with van der Waals surface area (Å²) < 4.78 is 0. The van der Waals surface area contributed by atoms with Crippen LogP contribution in [0.25, 0.3) is 0 Å². The second-order valence-electron chi connectivity index (χ2n) is 6.86. The second-order valence-corrected chi connectivity index (χ2v) is 6.86. The fourth-order valence-electron chi connectivity index (χ4n) is 3.17. The molecule has 3 nitrogen and oxygen atoms in total. The maximum atomic E-state index is 12.9. The van der Waals surface area contributed by atoms with E-state index >= 15 is 0 Å². The van der Waals surface area contributed by atoms with Crippen molar-refractivity contribution in [2.24, 2.45) is 0 Å². The molecule has 0 aliphatic carbocycles. The Hall–Kier alpha value is -2.13. The molecule has 2 aromatic carbocycles. The van der Waals surface area contributed by atoms with Crippen molar-refractivity contribution >= 4 is 5.91 Å². The zero-order valence-corrected chi connectivity index (χ0v) is 14.0. The normalized spacial score (nSPS) is 20.0. The Labute approximate surface area is 138 Å². The van der Waals surface area contributed by atoms with Crippen LogP contribution in [0.4, 0.5) is 0 Å². The van der Waals surface area contributed by atoms with Gasteiger partial charge in [-0.3, -0.25) is 10.1 Å². The number of nitrogens with one attached hydrogen (secondary N) is 1. The molecule has 3 rings (SSSR count). The summed E-state index contributed by atoms with van der Waals surface area (Å²) in [5.74, 6) is 0.180. The fourth-order valence-corrected chi connectivity index (χ4v) is 3.17. The molecule has 1 fully saturated rings. The van der Waals surface area contributed by atoms with E-state index < -0.39 is 0 Å². The Morgan fingerprint density at radius 3 is 2.30 bits per heavy atom. The van der Waals surface area contributed by atoms with Crippen molar-refractivity contribution in [3.63, 3.8) is 0 Å². The summed E-state index contributed by atoms with van der Waals surface area (Å²) in [4.78, 5) is 14.8. The van der Waals surface area contributed by atoms with E-state index in [1.54, 1.807) is 0 Å². The number of aryl methyl sites for hydroxylation is 1. The highest BCUT2D eigenvalue weighted by molar-refractivity contribution is 5.85. The molecule has 0 aromatic heterocycles. The molecule has 0 unspecified atom stereocenters. The van der Waals surface area contributed by atoms with E-state index in [9.17, 15) is 4.79 Å². The Morgan fingerprint density at radius 2 is 1.65 bits per heavy atom. The summed E-state index contributed by atoms with van der Waals surface area (Å²) in [6, 6.07) is 18.4. The predicted molar refractivity (Wildman–Crippen MR) is 92.9 cm³/mol. The first-order valence-corrected chi connectivity index (χ1v) is 8.14. The molecular formula is C20H24N2O. The van der Waals surface area contributed by atoms with Gasteiger partial charge in [-0.15, -0.1) is 0 Å². The Bertz CT molecular complexity index is 677. The summed E-state index contributed by atoms with van der Waals surface area (Å²) >= 11 is 0. The SMILES string of the molecule is Cc1ccc(CN2C(=O)[C@H](Cc3ccccc3)NC2(C)C)cc1. The van der Waals surface area contributed by atoms with Crippen LogP contribution in [0.15, 0.2) is 54.6 Å². The third kappa shape index (κ3) is 3.45. The standard InChI is InChI=1S/C20H24N2O/c1-15-9-11-17(12-10-15)14-22-19(23)18(21-20(22,2)3)13-16-7-5-4-6-8-16/h4-12,18,21H,13-14H2,1-3H3/t18-/m0/s1. The largest absolute Gasteiger partial charge is 0.319 e. The smallest absolute Gasteiger partial charge is 0.241 e. The first kappa shape index (κ1) is 15.8. The number of benzene rings is 2. The first-order chi connectivity index (χ1) is 11.0. The lowest BCUT2D eigenvalue weighted by molar-refractivity contribution is -0.132. The lowest BCUT2D eigenvalue weighted by Crippen LogP contribution is -2.46. The van der Waals surface area contributed by atoms with Gasteiger partial charge >= 0.3 is 0 Å². The highest BCUT2D eigenvalue weighted by Gasteiger charge is 2.43. The lowest BCUT2D eigenvalue weighted by atomic mass is 10.1. The van der Waals surface area contributed by atoms with E-state index in [-0.39, 0.29) is 17.6 Å². The van der Waals surface area contributed by atoms with Crippen molar-refractivity contribution in [2.45, 2.75) is 45.4 Å². The van der Waals surface area contributed by atoms with Crippen LogP contribution in [-0.2, 0) is 17.8 Å². The van der Waals surface area contributed by atoms with Gasteiger partial charge in [0.05, 0.1) is 11.7 Å². The molecule has 3 heteroatoms. The monoisotopic (exact) mass is 308 g/mol. The molecule has 1 amide bonds. The number of amides is 1. The number of nitrogens with zero attached hydrogens (tertiary/aromatic N) is 1. The second kappa shape index (κ2) is 6.17. The van der Waals surface area contributed by atoms with E-state index in [1.165, 1.54) is 16.7 Å². The van der Waals surface area contributed by atoms with E-state index in [1.807, 2.05) is 23.1 Å². The van der Waals surface area contributed by atoms with Crippen molar-refractivity contribution in [1.29, 1.82) is 0 Å². The van der Waals surface area contributed by atoms with Gasteiger partial charge in [-0.1, -0.05) is 60.2 Å². The number of carbonyl (C=O) groups is 1. The van der Waals surface area contributed by atoms with Crippen molar-refractivity contribution in [2.75, 3.05) is 0 Å². The van der Waals surface area contributed by atoms with Gasteiger partial charge in [-0.05, 0) is 38.3 Å². The van der Waals surface area contributed by atoms with Crippen LogP contribution in [-0.4, -0.2) is 22.5 Å². The molecule has 23 heavy (non-hydrogen) atoms. The number of hydrogen-bond donors (Lipinski definition) is 1. The molecule has 1 atom stereocenters. The molecule has 1 saturated heterocycles. The van der Waals surface area contributed by atoms with Crippen LogP contribution in [0.3, 0.4) is 0 Å². The average Bonchev–Trinajstić information content (AvgIpc) is 2.73. The van der Waals surface area contributed by atoms with E-state index in [0.29, 0.717) is 6.54 Å². The molecule has 120 valence electrons. The summed E-state index contributed by atoms with van der Waals surface area (Å²) in [7, 11) is 0. The average molecular weight is 308 g/mol. The highest BCUT2D eigenvalue weighted by Crippen LogP contribution is 2.25. The highest BCUT2D eigenvalue weighted by atomic mass is 16.2. The van der Waals surface area contributed by atoms with Crippen LogP contribution in [0.2, 0.25) is 0 Å². The van der Waals surface area contributed by atoms with Gasteiger partial charge in [-0.2, -0.15) is 0 Å². The molecule has 0 saturated carbocycles. The van der Waals surface area contributed by atoms with Crippen LogP contribution >= 0.6 is 0 Å². The topological polar surface area (TPSA) is 32.3 Å². The Kier molecular flexibility index (Phi) is 4.22. The van der Waals surface area contributed by atoms with Gasteiger partial charge in [0, 0.05) is 6.54 Å². The van der Waals surface area contributed by atoms with Gasteiger partial charge < -0.3 is 4.90 Å². The van der Waals surface area contributed by atoms with Crippen LogP contribution in [0, 0.1) is 6.92 Å². The maximum absolute atomic E-state index is 12.9. The van der Waals surface area contributed by atoms with E-state index in [4.69, 9.17) is 0 Å². The summed E-state index contributed by atoms with van der Waals surface area (Å²) in [6.07, 6.45) is 0.730. The summed E-state index contributed by atoms with van der Waals surface area (Å²) in [5.41, 5.74) is 3.26. The summed E-state index contributed by atoms with van der Waals surface area (Å²) in [5, 5.41) is 3.49. The molecule has 2 aromatic rings. The van der Waals surface area contributed by atoms with Crippen molar-refractivity contribution in [1.82, 2.24) is 10.2 Å². The molecule has 1 aliphatic rings. The van der Waals surface area contributed by atoms with Gasteiger partial charge in [-0.25, -0.2) is 0 Å². The minimum atomic E-state index is -0.332. The fraction of sp³-hybridized carbons (Fsp3) is 0.350. The Morgan fingerprint density at radius 1 is 1.00 bits per heavy atom. The van der Waals surface area contributed by atoms with Crippen molar-refractivity contribution in [3.05, 3.63) is 71.3 Å². The zero-order valence-electron chi connectivity index (χ0n) is 14.0. The number of carbonyl (C=O) groups excluding carboxylic acids is 1. The third-order valence-electron chi connectivity index (χ3n) is 4.51. The van der Waals surface area contributed by atoms with Crippen LogP contribution in [0.1, 0.15) is 30.5 Å². The molecule has 0 radical (unpaired) electrons. The molecule has 0 spiro atoms. The molecule has 1 aliphatic heterocycles. The van der Waals surface area contributed by atoms with Gasteiger partial charge in [0.1, 0.15) is 0 Å². The minimum absolute atomic E-state index is 0.155. The van der Waals surface area contributed by atoms with Crippen LogP contribution < -0.4 is 5.32 Å². The van der Waals surface area contributed by atoms with Gasteiger partial charge in [0.25, 0.3) is 0 Å². The number of rotatable bonds is 4. The van der Waals surface area contributed by atoms with Gasteiger partial charge in [0.2, 0.25) is 5.91 Å². The predicted octanol–water partition coefficient (Wildman–Crippen LogP) is 3.27. The zero-order chi connectivity index (χ0) is 16.4. The minimum Gasteiger partial charge on any atom is -0.319 e. The quantitative estimate of drug-likeness (QED) is 0.940. The third-order valence-corrected chi connectivity index (χ3v) is 4.51. The maximum Gasteiger partial charge on any atom is 0.241 e. The Balaban J connectivity index is 1.75. The first-order valence-electron chi connectivity index (χ1n) is 8.14. The van der Waals surface area contributed by atoms with E-state index in [2.05, 4.69) is 62.5 Å². The molecule has 0 bridgehead atoms. The summed E-state index contributed by atoms with van der Waals surface area (Å²) in [6.45, 7) is 6.87. The number of hydrogen-bond acceptors (Lipinski definition) is 2. The molecule has 1 N–H and O–H groups in total. The van der Waals surface area contributed by atoms with Crippen LogP contribution in [0.5, 0.6) is 0 Å². The molecule has 1 heterocycles. The molecular weight excluding hydrogens is 284 g/mol. The van der Waals surface area contributed by atoms with E-state index in [0.717, 1.165) is 6.42 Å². The van der Waals surface area contributed by atoms with Gasteiger partial charge in [0.15, 0.2) is 0 Å².